The third-order valence-corrected chi connectivity index (χ3v) is 5.34. The van der Waals surface area contributed by atoms with Crippen molar-refractivity contribution >= 4 is 21.5 Å². The SMILES string of the molecule is NC(CS(=O)(=O)Cc1ccccc1OC(F)F)C(=O)NC1CCC1=O. The van der Waals surface area contributed by atoms with Crippen LogP contribution in [-0.2, 0) is 25.2 Å². The molecule has 1 aromatic carbocycles. The van der Waals surface area contributed by atoms with Crippen LogP contribution in [0.1, 0.15) is 18.4 Å². The van der Waals surface area contributed by atoms with Gasteiger partial charge in [-0.3, -0.25) is 9.59 Å². The number of nitrogens with one attached hydrogen (secondary N) is 1. The van der Waals surface area contributed by atoms with E-state index in [0.29, 0.717) is 12.8 Å². The highest BCUT2D eigenvalue weighted by atomic mass is 32.2. The van der Waals surface area contributed by atoms with Crippen molar-refractivity contribution in [2.75, 3.05) is 5.75 Å². The Morgan fingerprint density at radius 1 is 1.36 bits per heavy atom. The lowest BCUT2D eigenvalue weighted by Crippen LogP contribution is -2.54. The van der Waals surface area contributed by atoms with Gasteiger partial charge >= 0.3 is 6.61 Å². The maximum absolute atomic E-state index is 12.4. The zero-order valence-corrected chi connectivity index (χ0v) is 14.0. The number of alkyl halides is 2. The average Bonchev–Trinajstić information content (AvgIpc) is 2.51. The fourth-order valence-electron chi connectivity index (χ4n) is 2.32. The topological polar surface area (TPSA) is 116 Å². The lowest BCUT2D eigenvalue weighted by atomic mass is 9.91. The molecule has 10 heteroatoms. The van der Waals surface area contributed by atoms with Crippen LogP contribution in [0.15, 0.2) is 24.3 Å². The molecule has 1 amide bonds. The van der Waals surface area contributed by atoms with Gasteiger partial charge in [0.2, 0.25) is 5.91 Å². The van der Waals surface area contributed by atoms with Crippen LogP contribution in [0.25, 0.3) is 0 Å². The van der Waals surface area contributed by atoms with Crippen LogP contribution >= 0.6 is 0 Å². The summed E-state index contributed by atoms with van der Waals surface area (Å²) in [7, 11) is -3.87. The molecule has 2 rings (SSSR count). The summed E-state index contributed by atoms with van der Waals surface area (Å²) in [5, 5.41) is 2.39. The van der Waals surface area contributed by atoms with Gasteiger partial charge in [0.25, 0.3) is 0 Å². The van der Waals surface area contributed by atoms with Crippen molar-refractivity contribution in [3.05, 3.63) is 29.8 Å². The predicted octanol–water partition coefficient (Wildman–Crippen LogP) is 0.378. The van der Waals surface area contributed by atoms with Gasteiger partial charge in [0.1, 0.15) is 5.75 Å². The van der Waals surface area contributed by atoms with Crippen molar-refractivity contribution in [2.45, 2.75) is 37.3 Å². The number of rotatable bonds is 8. The minimum atomic E-state index is -3.87. The van der Waals surface area contributed by atoms with E-state index in [-0.39, 0.29) is 17.1 Å². The first kappa shape index (κ1) is 19.3. The monoisotopic (exact) mass is 376 g/mol. The molecule has 0 aliphatic heterocycles. The first-order valence-electron chi connectivity index (χ1n) is 7.50. The van der Waals surface area contributed by atoms with Crippen molar-refractivity contribution in [1.82, 2.24) is 5.32 Å². The van der Waals surface area contributed by atoms with Gasteiger partial charge in [-0.05, 0) is 12.5 Å². The normalized spacial score (nSPS) is 18.6. The Kier molecular flexibility index (Phi) is 6.07. The molecule has 1 aliphatic rings. The van der Waals surface area contributed by atoms with Gasteiger partial charge in [0.15, 0.2) is 15.6 Å². The Balaban J connectivity index is 1.99. The van der Waals surface area contributed by atoms with Crippen molar-refractivity contribution in [2.24, 2.45) is 5.73 Å². The molecule has 1 aliphatic carbocycles. The molecule has 1 saturated carbocycles. The van der Waals surface area contributed by atoms with Crippen molar-refractivity contribution in [1.29, 1.82) is 0 Å². The molecule has 0 saturated heterocycles. The van der Waals surface area contributed by atoms with Crippen LogP contribution in [0.3, 0.4) is 0 Å². The fraction of sp³-hybridized carbons (Fsp3) is 0.467. The number of nitrogens with two attached hydrogens (primary N) is 1. The summed E-state index contributed by atoms with van der Waals surface area (Å²) in [5.74, 6) is -2.39. The van der Waals surface area contributed by atoms with Crippen molar-refractivity contribution < 1.29 is 31.5 Å². The van der Waals surface area contributed by atoms with E-state index in [2.05, 4.69) is 10.1 Å². The first-order chi connectivity index (χ1) is 11.7. The van der Waals surface area contributed by atoms with Crippen LogP contribution in [0.2, 0.25) is 0 Å². The molecule has 1 aromatic rings. The molecule has 138 valence electrons. The molecule has 1 fully saturated rings. The molecule has 0 bridgehead atoms. The number of hydrogen-bond donors (Lipinski definition) is 2. The van der Waals surface area contributed by atoms with Gasteiger partial charge in [-0.25, -0.2) is 8.42 Å². The number of carbonyl (C=O) groups is 2. The lowest BCUT2D eigenvalue weighted by molar-refractivity contribution is -0.132. The van der Waals surface area contributed by atoms with Crippen molar-refractivity contribution in [3.8, 4) is 5.75 Å². The molecule has 7 nitrogen and oxygen atoms in total. The van der Waals surface area contributed by atoms with E-state index in [0.717, 1.165) is 0 Å². The van der Waals surface area contributed by atoms with E-state index >= 15 is 0 Å². The minimum Gasteiger partial charge on any atom is -0.435 e. The van der Waals surface area contributed by atoms with E-state index < -0.39 is 45.9 Å². The lowest BCUT2D eigenvalue weighted by Gasteiger charge is -2.26. The highest BCUT2D eigenvalue weighted by Gasteiger charge is 2.32. The smallest absolute Gasteiger partial charge is 0.387 e. The number of ketones is 1. The standard InChI is InChI=1S/C15H18F2N2O5S/c16-15(17)24-13-4-2-1-3-9(13)7-25(22,23)8-10(18)14(21)19-11-5-6-12(11)20/h1-4,10-11,15H,5-8,18H2,(H,19,21). The number of amides is 1. The van der Waals surface area contributed by atoms with Gasteiger partial charge in [-0.1, -0.05) is 18.2 Å². The number of sulfone groups is 1. The number of ether oxygens (including phenoxy) is 1. The summed E-state index contributed by atoms with van der Waals surface area (Å²) in [4.78, 5) is 23.0. The Morgan fingerprint density at radius 2 is 2.04 bits per heavy atom. The third kappa shape index (κ3) is 5.46. The zero-order valence-electron chi connectivity index (χ0n) is 13.2. The highest BCUT2D eigenvalue weighted by molar-refractivity contribution is 7.90. The molecule has 0 aromatic heterocycles. The van der Waals surface area contributed by atoms with E-state index in [1.54, 1.807) is 0 Å². The number of hydrogen-bond acceptors (Lipinski definition) is 6. The van der Waals surface area contributed by atoms with Crippen LogP contribution in [0, 0.1) is 0 Å². The Hall–Kier alpha value is -2.07. The number of Topliss-reactive ketones (excluding diaryl/α,β-unsaturated/α-hetero) is 1. The number of halogens is 2. The maximum atomic E-state index is 12.4. The van der Waals surface area contributed by atoms with E-state index in [1.165, 1.54) is 24.3 Å². The van der Waals surface area contributed by atoms with E-state index in [9.17, 15) is 26.8 Å². The maximum Gasteiger partial charge on any atom is 0.387 e. The molecular formula is C15H18F2N2O5S. The summed E-state index contributed by atoms with van der Waals surface area (Å²) < 4.78 is 53.5. The van der Waals surface area contributed by atoms with Crippen LogP contribution in [0.5, 0.6) is 5.75 Å². The second kappa shape index (κ2) is 7.87. The molecule has 0 radical (unpaired) electrons. The van der Waals surface area contributed by atoms with Crippen LogP contribution in [-0.4, -0.2) is 44.6 Å². The van der Waals surface area contributed by atoms with Gasteiger partial charge < -0.3 is 15.8 Å². The summed E-state index contributed by atoms with van der Waals surface area (Å²) in [6.45, 7) is -3.09. The van der Waals surface area contributed by atoms with Gasteiger partial charge in [0, 0.05) is 12.0 Å². The molecule has 25 heavy (non-hydrogen) atoms. The average molecular weight is 376 g/mol. The largest absolute Gasteiger partial charge is 0.435 e. The second-order valence-electron chi connectivity index (χ2n) is 5.71. The Morgan fingerprint density at radius 3 is 2.60 bits per heavy atom. The zero-order chi connectivity index (χ0) is 18.6. The van der Waals surface area contributed by atoms with E-state index in [1.807, 2.05) is 0 Å². The number of para-hydroxylation sites is 1. The molecular weight excluding hydrogens is 358 g/mol. The molecule has 0 spiro atoms. The molecule has 2 unspecified atom stereocenters. The van der Waals surface area contributed by atoms with Crippen LogP contribution < -0.4 is 15.8 Å². The summed E-state index contributed by atoms with van der Waals surface area (Å²) in [6, 6.07) is 3.52. The Labute approximate surface area is 143 Å². The summed E-state index contributed by atoms with van der Waals surface area (Å²) >= 11 is 0. The van der Waals surface area contributed by atoms with Crippen LogP contribution in [0.4, 0.5) is 8.78 Å². The minimum absolute atomic E-state index is 0.0459. The Bertz CT molecular complexity index is 754. The van der Waals surface area contributed by atoms with Crippen molar-refractivity contribution in [3.63, 3.8) is 0 Å². The second-order valence-corrected chi connectivity index (χ2v) is 7.82. The molecule has 2 atom stereocenters. The first-order valence-corrected chi connectivity index (χ1v) is 9.32. The summed E-state index contributed by atoms with van der Waals surface area (Å²) in [5.41, 5.74) is 5.64. The van der Waals surface area contributed by atoms with E-state index in [4.69, 9.17) is 5.73 Å². The molecule has 3 N–H and O–H groups in total. The highest BCUT2D eigenvalue weighted by Crippen LogP contribution is 2.23. The van der Waals surface area contributed by atoms with Gasteiger partial charge in [-0.15, -0.1) is 0 Å². The third-order valence-electron chi connectivity index (χ3n) is 3.72. The fourth-order valence-corrected chi connectivity index (χ4v) is 3.85. The number of carbonyl (C=O) groups excluding carboxylic acids is 2. The quantitative estimate of drug-likeness (QED) is 0.678. The summed E-state index contributed by atoms with van der Waals surface area (Å²) in [6.07, 6.45) is 0.877. The number of benzene rings is 1. The predicted molar refractivity (Wildman–Crippen MR) is 84.7 cm³/mol. The molecule has 0 heterocycles. The van der Waals surface area contributed by atoms with Gasteiger partial charge in [0.05, 0.1) is 23.6 Å². The van der Waals surface area contributed by atoms with Gasteiger partial charge in [-0.2, -0.15) is 8.78 Å².